The third-order valence-electron chi connectivity index (χ3n) is 5.68. The molecular formula is C23H29N2O2+. The minimum atomic E-state index is -0.492. The van der Waals surface area contributed by atoms with Crippen molar-refractivity contribution in [1.29, 1.82) is 0 Å². The second-order valence-corrected chi connectivity index (χ2v) is 8.29. The summed E-state index contributed by atoms with van der Waals surface area (Å²) < 4.78 is 0. The summed E-state index contributed by atoms with van der Waals surface area (Å²) in [4.78, 5) is 7.09. The number of benzene rings is 2. The molecule has 1 heterocycles. The molecule has 2 aliphatic rings. The molecule has 4 heteroatoms. The highest BCUT2D eigenvalue weighted by Gasteiger charge is 2.27. The van der Waals surface area contributed by atoms with Gasteiger partial charge in [0.05, 0.1) is 13.1 Å². The Morgan fingerprint density at radius 1 is 0.963 bits per heavy atom. The molecule has 2 N–H and O–H groups in total. The Morgan fingerprint density at radius 3 is 2.04 bits per heavy atom. The van der Waals surface area contributed by atoms with Crippen LogP contribution in [-0.2, 0) is 4.84 Å². The number of nitrogens with zero attached hydrogens (tertiary/aromatic N) is 1. The van der Waals surface area contributed by atoms with Gasteiger partial charge in [0.1, 0.15) is 25.0 Å². The summed E-state index contributed by atoms with van der Waals surface area (Å²) >= 11 is 0. The van der Waals surface area contributed by atoms with Gasteiger partial charge in [-0.25, -0.2) is 0 Å². The SMILES string of the molecule is C[C@@H]1C[C@@H](C)C[NH+](C[C@H](O)CON=C2c3ccccc3-c3ccccc32)C1. The van der Waals surface area contributed by atoms with Crippen LogP contribution >= 0.6 is 0 Å². The maximum absolute atomic E-state index is 10.4. The molecule has 2 aromatic rings. The molecule has 0 unspecified atom stereocenters. The molecule has 142 valence electrons. The molecule has 27 heavy (non-hydrogen) atoms. The molecular weight excluding hydrogens is 336 g/mol. The Hall–Kier alpha value is -2.17. The molecule has 1 aliphatic heterocycles. The van der Waals surface area contributed by atoms with Crippen LogP contribution in [0.2, 0.25) is 0 Å². The lowest BCUT2D eigenvalue weighted by atomic mass is 9.92. The fraction of sp³-hybridized carbons (Fsp3) is 0.435. The van der Waals surface area contributed by atoms with Crippen molar-refractivity contribution in [2.75, 3.05) is 26.2 Å². The van der Waals surface area contributed by atoms with E-state index in [1.165, 1.54) is 22.4 Å². The highest BCUT2D eigenvalue weighted by Crippen LogP contribution is 2.36. The zero-order chi connectivity index (χ0) is 18.8. The zero-order valence-corrected chi connectivity index (χ0v) is 16.2. The number of oxime groups is 1. The van der Waals surface area contributed by atoms with Crippen LogP contribution in [0.5, 0.6) is 0 Å². The van der Waals surface area contributed by atoms with Crippen molar-refractivity contribution in [2.45, 2.75) is 26.4 Å². The lowest BCUT2D eigenvalue weighted by molar-refractivity contribution is -0.915. The summed E-state index contributed by atoms with van der Waals surface area (Å²) in [5, 5.41) is 14.8. The largest absolute Gasteiger partial charge is 0.392 e. The van der Waals surface area contributed by atoms with E-state index in [1.807, 2.05) is 24.3 Å². The van der Waals surface area contributed by atoms with E-state index in [1.54, 1.807) is 0 Å². The number of quaternary nitrogens is 1. The molecule has 4 rings (SSSR count). The Balaban J connectivity index is 1.41. The molecule has 0 spiro atoms. The number of hydrogen-bond donors (Lipinski definition) is 2. The molecule has 0 saturated carbocycles. The first-order valence-corrected chi connectivity index (χ1v) is 10.0. The van der Waals surface area contributed by atoms with Crippen molar-refractivity contribution in [3.05, 3.63) is 59.7 Å². The van der Waals surface area contributed by atoms with Gasteiger partial charge in [-0.3, -0.25) is 0 Å². The number of fused-ring (bicyclic) bond motifs is 3. The van der Waals surface area contributed by atoms with E-state index in [0.717, 1.165) is 48.3 Å². The van der Waals surface area contributed by atoms with Crippen LogP contribution in [0.25, 0.3) is 11.1 Å². The first kappa shape index (κ1) is 18.2. The molecule has 1 saturated heterocycles. The van der Waals surface area contributed by atoms with E-state index >= 15 is 0 Å². The maximum atomic E-state index is 10.4. The molecule has 0 amide bonds. The average Bonchev–Trinajstić information content (AvgIpc) is 2.95. The maximum Gasteiger partial charge on any atom is 0.148 e. The van der Waals surface area contributed by atoms with Gasteiger partial charge in [-0.15, -0.1) is 0 Å². The Kier molecular flexibility index (Phi) is 5.28. The first-order valence-electron chi connectivity index (χ1n) is 10.0. The minimum Gasteiger partial charge on any atom is -0.392 e. The fourth-order valence-electron chi connectivity index (χ4n) is 4.76. The van der Waals surface area contributed by atoms with Crippen molar-refractivity contribution in [1.82, 2.24) is 0 Å². The summed E-state index contributed by atoms with van der Waals surface area (Å²) in [6.45, 7) is 7.85. The molecule has 0 bridgehead atoms. The van der Waals surface area contributed by atoms with E-state index in [4.69, 9.17) is 4.84 Å². The van der Waals surface area contributed by atoms with E-state index < -0.39 is 6.10 Å². The topological polar surface area (TPSA) is 46.3 Å². The second-order valence-electron chi connectivity index (χ2n) is 8.29. The summed E-state index contributed by atoms with van der Waals surface area (Å²) in [6.07, 6.45) is 0.802. The van der Waals surface area contributed by atoms with Gasteiger partial charge in [0.15, 0.2) is 0 Å². The molecule has 3 atom stereocenters. The highest BCUT2D eigenvalue weighted by atomic mass is 16.6. The summed E-state index contributed by atoms with van der Waals surface area (Å²) in [5.74, 6) is 1.45. The molecule has 4 nitrogen and oxygen atoms in total. The third-order valence-corrected chi connectivity index (χ3v) is 5.68. The van der Waals surface area contributed by atoms with Gasteiger partial charge in [0.25, 0.3) is 0 Å². The molecule has 0 radical (unpaired) electrons. The Bertz CT molecular complexity index is 775. The first-order chi connectivity index (χ1) is 13.1. The summed E-state index contributed by atoms with van der Waals surface area (Å²) in [7, 11) is 0. The summed E-state index contributed by atoms with van der Waals surface area (Å²) in [6, 6.07) is 16.5. The minimum absolute atomic E-state index is 0.236. The van der Waals surface area contributed by atoms with Gasteiger partial charge in [0.2, 0.25) is 0 Å². The number of aliphatic hydroxyl groups is 1. The highest BCUT2D eigenvalue weighted by molar-refractivity contribution is 6.24. The van der Waals surface area contributed by atoms with Crippen molar-refractivity contribution in [3.8, 4) is 11.1 Å². The van der Waals surface area contributed by atoms with E-state index in [2.05, 4.69) is 43.3 Å². The van der Waals surface area contributed by atoms with Gasteiger partial charge in [-0.05, 0) is 17.5 Å². The van der Waals surface area contributed by atoms with Crippen LogP contribution in [0.15, 0.2) is 53.7 Å². The quantitative estimate of drug-likeness (QED) is 0.682. The predicted molar refractivity (Wildman–Crippen MR) is 108 cm³/mol. The van der Waals surface area contributed by atoms with Crippen molar-refractivity contribution < 1.29 is 14.8 Å². The van der Waals surface area contributed by atoms with Crippen LogP contribution < -0.4 is 4.90 Å². The summed E-state index contributed by atoms with van der Waals surface area (Å²) in [5.41, 5.74) is 5.43. The molecule has 1 fully saturated rings. The predicted octanol–water partition coefficient (Wildman–Crippen LogP) is 2.36. The zero-order valence-electron chi connectivity index (χ0n) is 16.2. The van der Waals surface area contributed by atoms with Gasteiger partial charge in [-0.1, -0.05) is 67.5 Å². The van der Waals surface area contributed by atoms with E-state index in [0.29, 0.717) is 0 Å². The Morgan fingerprint density at radius 2 is 1.48 bits per heavy atom. The lowest BCUT2D eigenvalue weighted by Gasteiger charge is -2.32. The van der Waals surface area contributed by atoms with E-state index in [-0.39, 0.29) is 6.61 Å². The molecule has 0 aromatic heterocycles. The number of aliphatic hydroxyl groups excluding tert-OH is 1. The van der Waals surface area contributed by atoms with Crippen LogP contribution in [0.4, 0.5) is 0 Å². The fourth-order valence-corrected chi connectivity index (χ4v) is 4.76. The lowest BCUT2D eigenvalue weighted by Crippen LogP contribution is -3.15. The number of piperidine rings is 1. The van der Waals surface area contributed by atoms with Crippen molar-refractivity contribution in [2.24, 2.45) is 17.0 Å². The van der Waals surface area contributed by atoms with Gasteiger partial charge in [0, 0.05) is 23.0 Å². The van der Waals surface area contributed by atoms with Crippen LogP contribution in [0.1, 0.15) is 31.4 Å². The standard InChI is InChI=1S/C23H28N2O2/c1-16-11-17(2)13-25(12-16)14-18(26)15-27-24-23-21-9-5-3-7-19(21)20-8-4-6-10-22(20)23/h3-10,16-18,26H,11-15H2,1-2H3/p+1/t16-,17-,18+/m1/s1. The number of likely N-dealkylation sites (tertiary alicyclic amines) is 1. The van der Waals surface area contributed by atoms with Gasteiger partial charge in [-0.2, -0.15) is 0 Å². The van der Waals surface area contributed by atoms with Gasteiger partial charge < -0.3 is 14.8 Å². The molecule has 2 aromatic carbocycles. The monoisotopic (exact) mass is 365 g/mol. The van der Waals surface area contributed by atoms with Crippen molar-refractivity contribution >= 4 is 5.71 Å². The average molecular weight is 365 g/mol. The van der Waals surface area contributed by atoms with Crippen LogP contribution in [-0.4, -0.2) is 43.2 Å². The second kappa shape index (κ2) is 7.83. The number of hydrogen-bond acceptors (Lipinski definition) is 3. The number of nitrogens with one attached hydrogen (secondary N) is 1. The van der Waals surface area contributed by atoms with E-state index in [9.17, 15) is 5.11 Å². The normalized spacial score (nSPS) is 24.9. The number of rotatable bonds is 5. The van der Waals surface area contributed by atoms with Crippen molar-refractivity contribution in [3.63, 3.8) is 0 Å². The molecule has 1 aliphatic carbocycles. The van der Waals surface area contributed by atoms with Gasteiger partial charge >= 0.3 is 0 Å². The third kappa shape index (κ3) is 3.92. The smallest absolute Gasteiger partial charge is 0.148 e. The van der Waals surface area contributed by atoms with Crippen LogP contribution in [0, 0.1) is 11.8 Å². The van der Waals surface area contributed by atoms with Crippen LogP contribution in [0.3, 0.4) is 0 Å². The Labute approximate surface area is 161 Å².